The van der Waals surface area contributed by atoms with Crippen molar-refractivity contribution < 1.29 is 19.0 Å². The number of benzene rings is 2. The van der Waals surface area contributed by atoms with Gasteiger partial charge in [-0.15, -0.1) is 0 Å². The largest absolute Gasteiger partial charge is 0.493 e. The second-order valence-electron chi connectivity index (χ2n) is 7.32. The highest BCUT2D eigenvalue weighted by Gasteiger charge is 2.17. The Morgan fingerprint density at radius 3 is 2.90 bits per heavy atom. The number of hydrogen-bond acceptors (Lipinski definition) is 5. The van der Waals surface area contributed by atoms with Crippen LogP contribution in [0.2, 0.25) is 0 Å². The van der Waals surface area contributed by atoms with E-state index < -0.39 is 11.8 Å². The molecule has 1 aliphatic rings. The average molecular weight is 417 g/mol. The predicted molar refractivity (Wildman–Crippen MR) is 113 cm³/mol. The molecule has 4 bridgehead atoms. The minimum absolute atomic E-state index is 0.254. The fraction of sp³-hybridized carbons (Fsp3) is 0.208. The standard InChI is InChI=1S/C24H20FN3O3/c25-20-10-18(11-24(29)30)22-12-19(20)21-4-1-5-23(28-21)27-14-17-7-6-15(13-26)9-16(17)3-2-8-31-22/h1,4-7,9-10,12H,2-3,8,11,14H2,(H,27,28)(H,29,30). The molecule has 0 fully saturated rings. The highest BCUT2D eigenvalue weighted by molar-refractivity contribution is 5.73. The molecule has 0 amide bonds. The van der Waals surface area contributed by atoms with Gasteiger partial charge in [-0.25, -0.2) is 9.37 Å². The number of fused-ring (bicyclic) bond motifs is 6. The van der Waals surface area contributed by atoms with Gasteiger partial charge in [0.15, 0.2) is 0 Å². The van der Waals surface area contributed by atoms with Crippen LogP contribution >= 0.6 is 0 Å². The lowest BCUT2D eigenvalue weighted by atomic mass is 10.00. The van der Waals surface area contributed by atoms with Crippen LogP contribution in [0.5, 0.6) is 5.75 Å². The first-order chi connectivity index (χ1) is 15.0. The third-order valence-electron chi connectivity index (χ3n) is 5.16. The van der Waals surface area contributed by atoms with E-state index in [0.29, 0.717) is 48.8 Å². The predicted octanol–water partition coefficient (Wildman–Crippen LogP) is 4.32. The number of halogens is 1. The number of nitriles is 1. The van der Waals surface area contributed by atoms with E-state index in [1.165, 1.54) is 12.1 Å². The lowest BCUT2D eigenvalue weighted by Crippen LogP contribution is -2.09. The molecule has 3 aromatic rings. The molecule has 0 atom stereocenters. The molecule has 0 spiro atoms. The summed E-state index contributed by atoms with van der Waals surface area (Å²) in [6.45, 7) is 0.846. The summed E-state index contributed by atoms with van der Waals surface area (Å²) >= 11 is 0. The van der Waals surface area contributed by atoms with Crippen LogP contribution in [0.4, 0.5) is 10.2 Å². The Bertz CT molecular complexity index is 1190. The summed E-state index contributed by atoms with van der Waals surface area (Å²) in [5.74, 6) is -0.688. The van der Waals surface area contributed by atoms with Crippen LogP contribution in [0.15, 0.2) is 48.5 Å². The van der Waals surface area contributed by atoms with Crippen molar-refractivity contribution in [3.05, 3.63) is 76.6 Å². The number of hydrogen-bond donors (Lipinski definition) is 2. The van der Waals surface area contributed by atoms with E-state index in [9.17, 15) is 19.6 Å². The van der Waals surface area contributed by atoms with Crippen LogP contribution in [-0.4, -0.2) is 22.7 Å². The molecule has 0 unspecified atom stereocenters. The van der Waals surface area contributed by atoms with Crippen molar-refractivity contribution in [3.8, 4) is 23.1 Å². The van der Waals surface area contributed by atoms with Gasteiger partial charge in [-0.2, -0.15) is 5.26 Å². The summed E-state index contributed by atoms with van der Waals surface area (Å²) in [5.41, 5.74) is 3.62. The second kappa shape index (κ2) is 8.84. The van der Waals surface area contributed by atoms with Gasteiger partial charge in [-0.3, -0.25) is 4.79 Å². The van der Waals surface area contributed by atoms with Gasteiger partial charge in [-0.1, -0.05) is 12.1 Å². The van der Waals surface area contributed by atoms with E-state index >= 15 is 0 Å². The van der Waals surface area contributed by atoms with Crippen molar-refractivity contribution in [2.45, 2.75) is 25.8 Å². The van der Waals surface area contributed by atoms with Gasteiger partial charge >= 0.3 is 5.97 Å². The topological polar surface area (TPSA) is 95.2 Å². The molecule has 0 saturated carbocycles. The summed E-state index contributed by atoms with van der Waals surface area (Å²) < 4.78 is 20.7. The molecule has 31 heavy (non-hydrogen) atoms. The Balaban J connectivity index is 1.76. The Labute approximate surface area is 178 Å². The van der Waals surface area contributed by atoms with Crippen LogP contribution in [0.3, 0.4) is 0 Å². The summed E-state index contributed by atoms with van der Waals surface area (Å²) in [5, 5.41) is 21.7. The fourth-order valence-electron chi connectivity index (χ4n) is 3.64. The quantitative estimate of drug-likeness (QED) is 0.645. The van der Waals surface area contributed by atoms with Crippen LogP contribution < -0.4 is 10.1 Å². The van der Waals surface area contributed by atoms with Crippen LogP contribution in [-0.2, 0) is 24.2 Å². The number of aromatic nitrogens is 1. The first kappa shape index (κ1) is 20.4. The Morgan fingerprint density at radius 2 is 2.10 bits per heavy atom. The highest BCUT2D eigenvalue weighted by Crippen LogP contribution is 2.31. The summed E-state index contributed by atoms with van der Waals surface area (Å²) in [4.78, 5) is 15.7. The highest BCUT2D eigenvalue weighted by atomic mass is 19.1. The van der Waals surface area contributed by atoms with E-state index in [0.717, 1.165) is 11.1 Å². The summed E-state index contributed by atoms with van der Waals surface area (Å²) in [6, 6.07) is 15.7. The molecule has 2 aromatic carbocycles. The average Bonchev–Trinajstić information content (AvgIpc) is 2.76. The van der Waals surface area contributed by atoms with Crippen molar-refractivity contribution in [2.75, 3.05) is 11.9 Å². The van der Waals surface area contributed by atoms with E-state index in [4.69, 9.17) is 4.74 Å². The molecule has 156 valence electrons. The van der Waals surface area contributed by atoms with Crippen molar-refractivity contribution in [2.24, 2.45) is 0 Å². The molecule has 4 rings (SSSR count). The molecule has 2 N–H and O–H groups in total. The maximum atomic E-state index is 14.8. The third-order valence-corrected chi connectivity index (χ3v) is 5.16. The Kier molecular flexibility index (Phi) is 5.80. The van der Waals surface area contributed by atoms with Gasteiger partial charge in [0.1, 0.15) is 17.4 Å². The molecule has 0 saturated heterocycles. The molecule has 6 nitrogen and oxygen atoms in total. The second-order valence-corrected chi connectivity index (χ2v) is 7.32. The monoisotopic (exact) mass is 417 g/mol. The number of rotatable bonds is 2. The first-order valence-electron chi connectivity index (χ1n) is 9.93. The zero-order valence-electron chi connectivity index (χ0n) is 16.7. The van der Waals surface area contributed by atoms with Crippen molar-refractivity contribution in [3.63, 3.8) is 0 Å². The van der Waals surface area contributed by atoms with Crippen molar-refractivity contribution in [1.82, 2.24) is 4.98 Å². The number of anilines is 1. The Hall–Kier alpha value is -3.92. The number of ether oxygens (including phenoxy) is 1. The maximum absolute atomic E-state index is 14.8. The van der Waals surface area contributed by atoms with Crippen LogP contribution in [0, 0.1) is 17.1 Å². The number of aryl methyl sites for hydroxylation is 1. The smallest absolute Gasteiger partial charge is 0.307 e. The van der Waals surface area contributed by atoms with E-state index in [1.54, 1.807) is 24.3 Å². The van der Waals surface area contributed by atoms with Gasteiger partial charge in [0, 0.05) is 17.7 Å². The molecule has 0 aliphatic carbocycles. The molecular formula is C24H20FN3O3. The molecular weight excluding hydrogens is 397 g/mol. The van der Waals surface area contributed by atoms with Crippen molar-refractivity contribution in [1.29, 1.82) is 5.26 Å². The molecule has 0 radical (unpaired) electrons. The number of carbonyl (C=O) groups is 1. The minimum Gasteiger partial charge on any atom is -0.493 e. The maximum Gasteiger partial charge on any atom is 0.307 e. The van der Waals surface area contributed by atoms with Crippen molar-refractivity contribution >= 4 is 11.8 Å². The molecule has 1 aromatic heterocycles. The SMILES string of the molecule is N#Cc1ccc2c(c1)CCCOc1cc(c(F)cc1CC(=O)O)-c1cccc(n1)NC2. The zero-order valence-corrected chi connectivity index (χ0v) is 16.7. The minimum atomic E-state index is -1.06. The number of carboxylic acid groups (broad SMARTS) is 1. The molecule has 7 heteroatoms. The Morgan fingerprint density at radius 1 is 1.23 bits per heavy atom. The fourth-order valence-corrected chi connectivity index (χ4v) is 3.64. The van der Waals surface area contributed by atoms with E-state index in [-0.39, 0.29) is 17.5 Å². The first-order valence-corrected chi connectivity index (χ1v) is 9.93. The summed E-state index contributed by atoms with van der Waals surface area (Å²) in [7, 11) is 0. The third kappa shape index (κ3) is 4.64. The van der Waals surface area contributed by atoms with Gasteiger partial charge in [0.05, 0.1) is 30.4 Å². The van der Waals surface area contributed by atoms with E-state index in [2.05, 4.69) is 16.4 Å². The number of pyridine rings is 1. The normalized spacial score (nSPS) is 13.0. The van der Waals surface area contributed by atoms with Gasteiger partial charge < -0.3 is 15.2 Å². The number of nitrogens with one attached hydrogen (secondary N) is 1. The van der Waals surface area contributed by atoms with Gasteiger partial charge in [0.2, 0.25) is 0 Å². The number of carboxylic acids is 1. The zero-order chi connectivity index (χ0) is 21.8. The van der Waals surface area contributed by atoms with Gasteiger partial charge in [0.25, 0.3) is 0 Å². The lowest BCUT2D eigenvalue weighted by Gasteiger charge is -2.16. The van der Waals surface area contributed by atoms with Crippen LogP contribution in [0.1, 0.15) is 28.7 Å². The summed E-state index contributed by atoms with van der Waals surface area (Å²) in [6.07, 6.45) is 1.00. The molecule has 2 heterocycles. The molecule has 1 aliphatic heterocycles. The van der Waals surface area contributed by atoms with Gasteiger partial charge in [-0.05, 0) is 60.4 Å². The number of aliphatic carboxylic acids is 1. The van der Waals surface area contributed by atoms with E-state index in [1.807, 2.05) is 12.1 Å². The van der Waals surface area contributed by atoms with Crippen LogP contribution in [0.25, 0.3) is 11.3 Å². The number of nitrogens with zero attached hydrogens (tertiary/aromatic N) is 2. The lowest BCUT2D eigenvalue weighted by molar-refractivity contribution is -0.136.